The second-order valence-corrected chi connectivity index (χ2v) is 27.1. The number of benzene rings is 12. The summed E-state index contributed by atoms with van der Waals surface area (Å²) in [6, 6.07) is 48.4. The van der Waals surface area contributed by atoms with E-state index in [9.17, 15) is 98.6 Å². The first-order valence-electron chi connectivity index (χ1n) is 34.4. The van der Waals surface area contributed by atoms with E-state index in [1.54, 1.807) is 131 Å². The van der Waals surface area contributed by atoms with Gasteiger partial charge in [0.25, 0.3) is 77.4 Å². The van der Waals surface area contributed by atoms with Gasteiger partial charge in [-0.2, -0.15) is 26.3 Å². The molecule has 0 unspecified atom stereocenters. The molecule has 6 aliphatic rings. The lowest BCUT2D eigenvalue weighted by Gasteiger charge is -2.32. The zero-order valence-corrected chi connectivity index (χ0v) is 59.2. The maximum Gasteiger partial charge on any atom is 0.416 e. The zero-order valence-electron chi connectivity index (χ0n) is 59.2. The number of aromatic carboxylic acids is 1. The van der Waals surface area contributed by atoms with E-state index < -0.39 is 106 Å². The van der Waals surface area contributed by atoms with Crippen molar-refractivity contribution in [1.29, 1.82) is 0 Å². The Bertz CT molecular complexity index is 6180. The number of carbonyl (C=O) groups excluding carboxylic acids is 13. The largest absolute Gasteiger partial charge is 0.478 e. The fourth-order valence-corrected chi connectivity index (χ4v) is 15.2. The van der Waals surface area contributed by atoms with Gasteiger partial charge >= 0.3 is 18.3 Å². The number of amides is 12. The number of ether oxygens (including phenoxy) is 1. The van der Waals surface area contributed by atoms with Crippen LogP contribution in [0.1, 0.15) is 168 Å². The highest BCUT2D eigenvalue weighted by molar-refractivity contribution is 6.46. The van der Waals surface area contributed by atoms with Gasteiger partial charge in [0.05, 0.1) is 50.8 Å². The predicted octanol–water partition coefficient (Wildman–Crippen LogP) is 15.8. The van der Waals surface area contributed by atoms with E-state index >= 15 is 0 Å². The molecular weight excluding hydrogens is 1490 g/mol. The lowest BCUT2D eigenvalue weighted by molar-refractivity contribution is -0.143. The molecule has 0 aliphatic carbocycles. The number of carboxylic acid groups (broad SMARTS) is 1. The summed E-state index contributed by atoms with van der Waals surface area (Å²) in [6.45, 7) is 7.17. The molecule has 0 saturated carbocycles. The van der Waals surface area contributed by atoms with Crippen LogP contribution in [0.4, 0.5) is 60.5 Å². The minimum absolute atomic E-state index is 0.00185. The van der Waals surface area contributed by atoms with E-state index in [0.29, 0.717) is 39.0 Å². The van der Waals surface area contributed by atoms with Crippen molar-refractivity contribution in [2.75, 3.05) is 29.4 Å². The van der Waals surface area contributed by atoms with Crippen molar-refractivity contribution in [2.45, 2.75) is 40.0 Å². The molecule has 0 atom stereocenters. The monoisotopic (exact) mass is 1530 g/mol. The van der Waals surface area contributed by atoms with Gasteiger partial charge in [0.2, 0.25) is 0 Å². The van der Waals surface area contributed by atoms with Crippen LogP contribution < -0.4 is 34.1 Å². The molecule has 28 heteroatoms. The molecule has 0 radical (unpaired) electrons. The van der Waals surface area contributed by atoms with Crippen molar-refractivity contribution in [3.63, 3.8) is 0 Å². The molecule has 12 amide bonds. The summed E-state index contributed by atoms with van der Waals surface area (Å²) in [4.78, 5) is 190. The van der Waals surface area contributed by atoms with Crippen LogP contribution >= 0.6 is 0 Å². The molecule has 12 aromatic rings. The molecule has 0 spiro atoms. The fourth-order valence-electron chi connectivity index (χ4n) is 15.2. The van der Waals surface area contributed by atoms with E-state index in [1.807, 2.05) is 6.07 Å². The maximum atomic E-state index is 13.7. The van der Waals surface area contributed by atoms with Crippen molar-refractivity contribution in [3.8, 4) is 5.75 Å². The number of rotatable bonds is 9. The van der Waals surface area contributed by atoms with Crippen LogP contribution in [0, 0.1) is 27.7 Å². The second kappa shape index (κ2) is 26.5. The molecule has 6 aliphatic heterocycles. The second-order valence-electron chi connectivity index (χ2n) is 27.1. The van der Waals surface area contributed by atoms with Gasteiger partial charge in [-0.25, -0.2) is 34.2 Å². The van der Waals surface area contributed by atoms with Gasteiger partial charge in [-0.3, -0.25) is 62.3 Å². The average molecular weight is 1540 g/mol. The quantitative estimate of drug-likeness (QED) is 0.0798. The topological polar surface area (TPSA) is 288 Å². The van der Waals surface area contributed by atoms with Gasteiger partial charge in [0.15, 0.2) is 0 Å². The lowest BCUT2D eigenvalue weighted by Crippen LogP contribution is -2.44. The van der Waals surface area contributed by atoms with Crippen LogP contribution in [0.15, 0.2) is 206 Å². The van der Waals surface area contributed by atoms with Crippen LogP contribution in [0.2, 0.25) is 0 Å². The third-order valence-corrected chi connectivity index (χ3v) is 20.3. The van der Waals surface area contributed by atoms with Gasteiger partial charge in [-0.15, -0.1) is 0 Å². The van der Waals surface area contributed by atoms with Gasteiger partial charge in [-0.05, 0) is 196 Å². The highest BCUT2D eigenvalue weighted by atomic mass is 19.4. The number of aryl methyl sites for hydroxylation is 4. The van der Waals surface area contributed by atoms with Crippen LogP contribution in [0.25, 0.3) is 32.3 Å². The molecule has 0 fully saturated rings. The smallest absolute Gasteiger partial charge is 0.416 e. The minimum atomic E-state index is -5.21. The number of alkyl halides is 6. The Labute approximate surface area is 637 Å². The molecule has 1 N–H and O–H groups in total. The summed E-state index contributed by atoms with van der Waals surface area (Å²) in [5.74, 6) is -9.61. The number of imide groups is 6. The van der Waals surface area contributed by atoms with E-state index in [-0.39, 0.29) is 141 Å². The summed E-state index contributed by atoms with van der Waals surface area (Å²) in [7, 11) is 0. The Kier molecular flexibility index (Phi) is 17.0. The molecular formula is C86H48F6N6O16. The predicted molar refractivity (Wildman–Crippen MR) is 400 cm³/mol. The summed E-state index contributed by atoms with van der Waals surface area (Å²) < 4.78 is 85.9. The first kappa shape index (κ1) is 73.0. The third kappa shape index (κ3) is 11.3. The van der Waals surface area contributed by atoms with Crippen molar-refractivity contribution >= 4 is 150 Å². The normalized spacial score (nSPS) is 14.8. The van der Waals surface area contributed by atoms with Gasteiger partial charge < -0.3 is 9.84 Å². The number of hydrogen-bond donors (Lipinski definition) is 1. The molecule has 6 heterocycles. The Morgan fingerprint density at radius 1 is 0.307 bits per heavy atom. The maximum absolute atomic E-state index is 13.7. The number of para-hydroxylation sites is 2. The number of carbonyl (C=O) groups is 14. The van der Waals surface area contributed by atoms with Crippen molar-refractivity contribution in [2.24, 2.45) is 0 Å². The number of hydrogen-bond acceptors (Lipinski definition) is 15. The molecule has 0 bridgehead atoms. The molecule has 12 aromatic carbocycles. The first-order chi connectivity index (χ1) is 54.3. The van der Waals surface area contributed by atoms with Crippen LogP contribution in [0.5, 0.6) is 5.75 Å². The van der Waals surface area contributed by atoms with Crippen LogP contribution in [-0.4, -0.2) is 88.4 Å². The molecule has 560 valence electrons. The van der Waals surface area contributed by atoms with Crippen molar-refractivity contribution in [3.05, 3.63) is 312 Å². The van der Waals surface area contributed by atoms with Crippen LogP contribution in [-0.2, 0) is 17.1 Å². The average Bonchev–Trinajstić information content (AvgIpc) is 0.717. The summed E-state index contributed by atoms with van der Waals surface area (Å²) in [5, 5.41) is 10.5. The molecule has 22 nitrogen and oxygen atoms in total. The van der Waals surface area contributed by atoms with Gasteiger partial charge in [0, 0.05) is 105 Å². The summed E-state index contributed by atoms with van der Waals surface area (Å²) >= 11 is 0. The SMILES string of the molecule is Cc1cc(C)cc(N2C(=O)c3ccc4c5c(ccc(c35)C2=O)C(=O)N(c2cc(C(F)(F)F)cc(C(F)(F)F)c2)C4=O)c1.Cc1ccc(OC=O)cc1N1C(=O)c2ccc3c4c(ccc(c24)C1=O)C(=O)N(c1cc(C(=O)O)ccc1C)C3=O.O=C1c2ccc3c4c(ccc(c24)C(=O)N1c1ccccc1)C(=O)N(c1ccccc1)C3=O. The summed E-state index contributed by atoms with van der Waals surface area (Å²) in [5.41, 5.74) is 0.887. The number of halogens is 6. The molecule has 0 saturated heterocycles. The zero-order chi connectivity index (χ0) is 80.9. The third-order valence-electron chi connectivity index (χ3n) is 20.3. The molecule has 0 aromatic heterocycles. The first-order valence-corrected chi connectivity index (χ1v) is 34.4. The highest BCUT2D eigenvalue weighted by Crippen LogP contribution is 2.47. The standard InChI is InChI=1S/C30H16F6N2O4.C30H18N2O8.C26H14N2O4/c1-13-7-14(2)9-17(8-13)37-25(39)19-3-5-21-24-22(6-4-20(23(19)24)26(37)40)28(42)38(27(21)41)18-11-15(29(31,32)33)10-16(12-18)30(34,35)36;1-14-3-5-16(30(38)39)11-22(14)31-26(34)18-7-9-20-25-21(10-8-19(24(18)25)27(31)35)29(37)32(28(20)36)23-12-17(40-13-33)6-4-15(23)2;29-23-17-11-13-19-22-20(26(32)28(25(19)31)16-9-5-2-6-10-16)14-12-18(21(17)22)24(30)27(23)15-7-3-1-4-8-15/h3-12H,1-2H3;3-13H,1-2H3,(H,38,39);1-14H. The Balaban J connectivity index is 0.000000130. The molecule has 114 heavy (non-hydrogen) atoms. The fraction of sp³-hybridized carbons (Fsp3) is 0.0698. The number of anilines is 6. The Morgan fingerprint density at radius 3 is 0.851 bits per heavy atom. The van der Waals surface area contributed by atoms with Gasteiger partial charge in [-0.1, -0.05) is 54.6 Å². The Hall–Kier alpha value is -15.2. The Morgan fingerprint density at radius 2 is 0.570 bits per heavy atom. The van der Waals surface area contributed by atoms with E-state index in [4.69, 9.17) is 4.74 Å². The van der Waals surface area contributed by atoms with Crippen LogP contribution in [0.3, 0.4) is 0 Å². The number of nitrogens with zero attached hydrogens (tertiary/aromatic N) is 6. The minimum Gasteiger partial charge on any atom is -0.478 e. The van der Waals surface area contributed by atoms with Crippen molar-refractivity contribution in [1.82, 2.24) is 0 Å². The number of carboxylic acids is 1. The van der Waals surface area contributed by atoms with Crippen molar-refractivity contribution < 1.29 is 103 Å². The van der Waals surface area contributed by atoms with E-state index in [0.717, 1.165) is 35.6 Å². The molecule has 18 rings (SSSR count). The van der Waals surface area contributed by atoms with E-state index in [1.165, 1.54) is 78.9 Å². The highest BCUT2D eigenvalue weighted by Gasteiger charge is 2.47. The van der Waals surface area contributed by atoms with E-state index in [2.05, 4.69) is 0 Å². The lowest BCUT2D eigenvalue weighted by atomic mass is 9.85. The summed E-state index contributed by atoms with van der Waals surface area (Å²) in [6.07, 6.45) is -10.4. The van der Waals surface area contributed by atoms with Gasteiger partial charge in [0.1, 0.15) is 5.75 Å².